The average Bonchev–Trinajstić information content (AvgIpc) is 2.66. The van der Waals surface area contributed by atoms with Crippen molar-refractivity contribution < 1.29 is 0 Å². The summed E-state index contributed by atoms with van der Waals surface area (Å²) in [5.74, 6) is 0. The van der Waals surface area contributed by atoms with Crippen molar-refractivity contribution in [1.82, 2.24) is 10.4 Å². The van der Waals surface area contributed by atoms with E-state index in [4.69, 9.17) is 12.2 Å². The van der Waals surface area contributed by atoms with Gasteiger partial charge in [0.25, 0.3) is 0 Å². The molecule has 6 heteroatoms. The second kappa shape index (κ2) is 5.31. The molecule has 0 aromatic carbocycles. The van der Waals surface area contributed by atoms with Crippen molar-refractivity contribution in [3.8, 4) is 0 Å². The van der Waals surface area contributed by atoms with Gasteiger partial charge in [-0.3, -0.25) is 5.43 Å². The van der Waals surface area contributed by atoms with E-state index in [9.17, 15) is 0 Å². The molecule has 0 unspecified atom stereocenters. The van der Waals surface area contributed by atoms with Gasteiger partial charge in [0.05, 0.1) is 5.71 Å². The third-order valence-electron chi connectivity index (χ3n) is 1.24. The second-order valence-electron chi connectivity index (χ2n) is 2.14. The molecule has 0 aliphatic carbocycles. The Morgan fingerprint density at radius 2 is 2.54 bits per heavy atom. The molecule has 0 saturated heterocycles. The van der Waals surface area contributed by atoms with Crippen LogP contribution in [0.15, 0.2) is 16.7 Å². The molecule has 1 rings (SSSR count). The fourth-order valence-electron chi connectivity index (χ4n) is 0.625. The number of nitrogens with zero attached hydrogens (tertiary/aromatic N) is 2. The zero-order valence-electron chi connectivity index (χ0n) is 7.27. The van der Waals surface area contributed by atoms with Crippen LogP contribution < -0.4 is 5.43 Å². The van der Waals surface area contributed by atoms with Crippen LogP contribution in [0.5, 0.6) is 0 Å². The minimum absolute atomic E-state index is 0.663. The zero-order valence-corrected chi connectivity index (χ0v) is 9.72. The number of hydrogen-bond donors (Lipinski definition) is 1. The Balaban J connectivity index is 2.57. The number of aromatic nitrogens is 1. The van der Waals surface area contributed by atoms with E-state index in [1.54, 1.807) is 17.5 Å². The van der Waals surface area contributed by atoms with Crippen molar-refractivity contribution in [2.75, 3.05) is 6.26 Å². The van der Waals surface area contributed by atoms with Gasteiger partial charge in [0.2, 0.25) is 0 Å². The lowest BCUT2D eigenvalue weighted by Crippen LogP contribution is -2.13. The molecule has 0 radical (unpaired) electrons. The molecule has 70 valence electrons. The van der Waals surface area contributed by atoms with Crippen LogP contribution in [0, 0.1) is 0 Å². The number of nitrogens with one attached hydrogen (secondary N) is 1. The van der Waals surface area contributed by atoms with Gasteiger partial charge >= 0.3 is 0 Å². The standard InChI is InChI=1S/C7H9N3S3/c1-5(6-8-3-4-13-6)9-10-7(11)12-2/h3-4H,1-2H3,(H,10,11)/b9-5-. The summed E-state index contributed by atoms with van der Waals surface area (Å²) in [7, 11) is 0. The molecule has 0 aliphatic heterocycles. The summed E-state index contributed by atoms with van der Waals surface area (Å²) in [5.41, 5.74) is 3.62. The molecule has 0 spiro atoms. The first-order valence-electron chi connectivity index (χ1n) is 3.52. The third kappa shape index (κ3) is 3.41. The monoisotopic (exact) mass is 231 g/mol. The Morgan fingerprint density at radius 1 is 1.77 bits per heavy atom. The summed E-state index contributed by atoms with van der Waals surface area (Å²) in [6, 6.07) is 0. The SMILES string of the molecule is CSC(=S)N/N=C(/C)c1nccs1. The lowest BCUT2D eigenvalue weighted by Gasteiger charge is -1.98. The summed E-state index contributed by atoms with van der Waals surface area (Å²) in [5, 5.41) is 6.92. The fraction of sp³-hybridized carbons (Fsp3) is 0.286. The Hall–Kier alpha value is -0.460. The van der Waals surface area contributed by atoms with Gasteiger partial charge in [-0.25, -0.2) is 4.98 Å². The van der Waals surface area contributed by atoms with E-state index in [0.717, 1.165) is 10.7 Å². The van der Waals surface area contributed by atoms with Crippen LogP contribution in [0.3, 0.4) is 0 Å². The number of rotatable bonds is 2. The Kier molecular flexibility index (Phi) is 4.34. The summed E-state index contributed by atoms with van der Waals surface area (Å²) >= 11 is 7.95. The first kappa shape index (κ1) is 10.6. The van der Waals surface area contributed by atoms with Crippen LogP contribution in [0.25, 0.3) is 0 Å². The molecular weight excluding hydrogens is 222 g/mol. The number of thioether (sulfide) groups is 1. The molecule has 0 aliphatic rings. The minimum atomic E-state index is 0.663. The molecule has 0 atom stereocenters. The summed E-state index contributed by atoms with van der Waals surface area (Å²) in [6.45, 7) is 1.90. The number of hydrogen-bond acceptors (Lipinski definition) is 5. The quantitative estimate of drug-likeness (QED) is 0.480. The average molecular weight is 231 g/mol. The summed E-state index contributed by atoms with van der Waals surface area (Å²) < 4.78 is 0.663. The molecule has 0 saturated carbocycles. The van der Waals surface area contributed by atoms with Gasteiger partial charge < -0.3 is 0 Å². The molecule has 1 aromatic rings. The maximum atomic E-state index is 4.93. The molecule has 1 aromatic heterocycles. The van der Waals surface area contributed by atoms with Gasteiger partial charge in [0.15, 0.2) is 4.32 Å². The Bertz CT molecular complexity index is 305. The van der Waals surface area contributed by atoms with Crippen LogP contribution in [0.2, 0.25) is 0 Å². The smallest absolute Gasteiger partial charge is 0.153 e. The van der Waals surface area contributed by atoms with E-state index in [1.807, 2.05) is 18.6 Å². The third-order valence-corrected chi connectivity index (χ3v) is 3.18. The van der Waals surface area contributed by atoms with Gasteiger partial charge in [-0.2, -0.15) is 5.10 Å². The lowest BCUT2D eigenvalue weighted by atomic mass is 10.5. The van der Waals surface area contributed by atoms with Crippen LogP contribution in [0.1, 0.15) is 11.9 Å². The van der Waals surface area contributed by atoms with Gasteiger partial charge in [0.1, 0.15) is 5.01 Å². The first-order chi connectivity index (χ1) is 6.24. The number of thiazole rings is 1. The summed E-state index contributed by atoms with van der Waals surface area (Å²) in [6.07, 6.45) is 3.66. The molecule has 1 heterocycles. The van der Waals surface area contributed by atoms with Crippen molar-refractivity contribution in [2.45, 2.75) is 6.92 Å². The number of hydrazone groups is 1. The largest absolute Gasteiger partial charge is 0.262 e. The van der Waals surface area contributed by atoms with E-state index in [-0.39, 0.29) is 0 Å². The minimum Gasteiger partial charge on any atom is -0.262 e. The highest BCUT2D eigenvalue weighted by atomic mass is 32.2. The maximum absolute atomic E-state index is 4.93. The number of thiocarbonyl (C=S) groups is 1. The van der Waals surface area contributed by atoms with E-state index < -0.39 is 0 Å². The van der Waals surface area contributed by atoms with Crippen LogP contribution in [-0.4, -0.2) is 21.3 Å². The van der Waals surface area contributed by atoms with Crippen molar-refractivity contribution in [3.05, 3.63) is 16.6 Å². The van der Waals surface area contributed by atoms with Gasteiger partial charge in [-0.05, 0) is 13.2 Å². The fourth-order valence-corrected chi connectivity index (χ4v) is 1.40. The Labute approximate surface area is 90.6 Å². The van der Waals surface area contributed by atoms with Crippen molar-refractivity contribution in [3.63, 3.8) is 0 Å². The maximum Gasteiger partial charge on any atom is 0.153 e. The second-order valence-corrected chi connectivity index (χ2v) is 4.52. The molecule has 1 N–H and O–H groups in total. The van der Waals surface area contributed by atoms with Gasteiger partial charge in [-0.1, -0.05) is 24.0 Å². The molecule has 0 bridgehead atoms. The van der Waals surface area contributed by atoms with E-state index in [0.29, 0.717) is 4.32 Å². The van der Waals surface area contributed by atoms with E-state index in [1.165, 1.54) is 11.8 Å². The normalized spacial score (nSPS) is 11.4. The Morgan fingerprint density at radius 3 is 3.08 bits per heavy atom. The highest BCUT2D eigenvalue weighted by Gasteiger charge is 1.99. The molecular formula is C7H9N3S3. The van der Waals surface area contributed by atoms with Crippen LogP contribution >= 0.6 is 35.3 Å². The van der Waals surface area contributed by atoms with Crippen molar-refractivity contribution in [1.29, 1.82) is 0 Å². The first-order valence-corrected chi connectivity index (χ1v) is 6.03. The lowest BCUT2D eigenvalue weighted by molar-refractivity contribution is 1.06. The van der Waals surface area contributed by atoms with E-state index >= 15 is 0 Å². The van der Waals surface area contributed by atoms with E-state index in [2.05, 4.69) is 15.5 Å². The summed E-state index contributed by atoms with van der Waals surface area (Å²) in [4.78, 5) is 4.12. The van der Waals surface area contributed by atoms with Crippen LogP contribution in [-0.2, 0) is 0 Å². The highest BCUT2D eigenvalue weighted by Crippen LogP contribution is 2.05. The topological polar surface area (TPSA) is 37.3 Å². The predicted octanol–water partition coefficient (Wildman–Crippen LogP) is 2.10. The zero-order chi connectivity index (χ0) is 9.68. The van der Waals surface area contributed by atoms with Crippen LogP contribution in [0.4, 0.5) is 0 Å². The predicted molar refractivity (Wildman–Crippen MR) is 63.6 cm³/mol. The molecule has 0 amide bonds. The molecule has 13 heavy (non-hydrogen) atoms. The van der Waals surface area contributed by atoms with Gasteiger partial charge in [-0.15, -0.1) is 11.3 Å². The van der Waals surface area contributed by atoms with Gasteiger partial charge in [0, 0.05) is 11.6 Å². The molecule has 3 nitrogen and oxygen atoms in total. The van der Waals surface area contributed by atoms with Crippen molar-refractivity contribution in [2.24, 2.45) is 5.10 Å². The molecule has 0 fully saturated rings. The van der Waals surface area contributed by atoms with Crippen molar-refractivity contribution >= 4 is 45.3 Å². The highest BCUT2D eigenvalue weighted by molar-refractivity contribution is 8.22.